The standard InChI is InChI=1S/C14H29NO2/c1-10(2)14(5,6)8-11(3)13(17)15(7)9-12(4)16/h10-12,16H,8-9H2,1-7H3. The zero-order chi connectivity index (χ0) is 13.8. The molecule has 0 aliphatic carbocycles. The summed E-state index contributed by atoms with van der Waals surface area (Å²) in [6.07, 6.45) is 0.419. The van der Waals surface area contributed by atoms with Crippen LogP contribution in [0.1, 0.15) is 48.0 Å². The van der Waals surface area contributed by atoms with Crippen molar-refractivity contribution in [1.82, 2.24) is 4.90 Å². The smallest absolute Gasteiger partial charge is 0.225 e. The molecule has 2 unspecified atom stereocenters. The number of amides is 1. The third-order valence-corrected chi connectivity index (χ3v) is 3.73. The van der Waals surface area contributed by atoms with E-state index in [1.807, 2.05) is 6.92 Å². The van der Waals surface area contributed by atoms with Crippen LogP contribution in [0.3, 0.4) is 0 Å². The Morgan fingerprint density at radius 2 is 1.71 bits per heavy atom. The summed E-state index contributed by atoms with van der Waals surface area (Å²) in [5.41, 5.74) is 0.167. The summed E-state index contributed by atoms with van der Waals surface area (Å²) in [7, 11) is 1.76. The van der Waals surface area contributed by atoms with Crippen LogP contribution in [0.25, 0.3) is 0 Å². The predicted octanol–water partition coefficient (Wildman–Crippen LogP) is 2.53. The van der Waals surface area contributed by atoms with E-state index in [1.54, 1.807) is 18.9 Å². The molecule has 3 nitrogen and oxygen atoms in total. The van der Waals surface area contributed by atoms with E-state index in [-0.39, 0.29) is 17.2 Å². The van der Waals surface area contributed by atoms with Gasteiger partial charge in [-0.3, -0.25) is 4.79 Å². The van der Waals surface area contributed by atoms with Gasteiger partial charge in [-0.25, -0.2) is 0 Å². The highest BCUT2D eigenvalue weighted by atomic mass is 16.3. The van der Waals surface area contributed by atoms with Gasteiger partial charge in [0.15, 0.2) is 0 Å². The molecule has 0 bridgehead atoms. The van der Waals surface area contributed by atoms with Crippen molar-refractivity contribution < 1.29 is 9.90 Å². The molecular weight excluding hydrogens is 214 g/mol. The van der Waals surface area contributed by atoms with E-state index in [1.165, 1.54) is 0 Å². The average Bonchev–Trinajstić information content (AvgIpc) is 2.14. The minimum absolute atomic E-state index is 0.0103. The average molecular weight is 243 g/mol. The maximum absolute atomic E-state index is 12.1. The Bertz CT molecular complexity index is 247. The molecule has 102 valence electrons. The van der Waals surface area contributed by atoms with Crippen LogP contribution < -0.4 is 0 Å². The zero-order valence-electron chi connectivity index (χ0n) is 12.4. The summed E-state index contributed by atoms with van der Waals surface area (Å²) in [6, 6.07) is 0. The van der Waals surface area contributed by atoms with E-state index in [0.717, 1.165) is 6.42 Å². The number of hydrogen-bond donors (Lipinski definition) is 1. The van der Waals surface area contributed by atoms with Crippen LogP contribution in [0.5, 0.6) is 0 Å². The third kappa shape index (κ3) is 5.53. The fourth-order valence-corrected chi connectivity index (χ4v) is 1.97. The predicted molar refractivity (Wildman–Crippen MR) is 71.7 cm³/mol. The number of carbonyl (C=O) groups excluding carboxylic acids is 1. The van der Waals surface area contributed by atoms with E-state index in [0.29, 0.717) is 12.5 Å². The SMILES string of the molecule is CC(O)CN(C)C(=O)C(C)CC(C)(C)C(C)C. The molecule has 0 spiro atoms. The highest BCUT2D eigenvalue weighted by Gasteiger charge is 2.29. The highest BCUT2D eigenvalue weighted by Crippen LogP contribution is 2.33. The van der Waals surface area contributed by atoms with Crippen LogP contribution in [0, 0.1) is 17.3 Å². The largest absolute Gasteiger partial charge is 0.392 e. The summed E-state index contributed by atoms with van der Waals surface area (Å²) >= 11 is 0. The lowest BCUT2D eigenvalue weighted by Crippen LogP contribution is -2.38. The molecule has 0 aromatic carbocycles. The van der Waals surface area contributed by atoms with Crippen molar-refractivity contribution in [3.63, 3.8) is 0 Å². The second kappa shape index (κ2) is 6.39. The molecule has 0 aromatic heterocycles. The van der Waals surface area contributed by atoms with Gasteiger partial charge < -0.3 is 10.0 Å². The van der Waals surface area contributed by atoms with Crippen molar-refractivity contribution in [3.05, 3.63) is 0 Å². The van der Waals surface area contributed by atoms with Crippen LogP contribution in [0.2, 0.25) is 0 Å². The van der Waals surface area contributed by atoms with Gasteiger partial charge in [0.2, 0.25) is 5.91 Å². The molecule has 1 N–H and O–H groups in total. The van der Waals surface area contributed by atoms with Gasteiger partial charge in [0.1, 0.15) is 0 Å². The van der Waals surface area contributed by atoms with Crippen LogP contribution in [-0.2, 0) is 4.79 Å². The highest BCUT2D eigenvalue weighted by molar-refractivity contribution is 5.78. The molecule has 0 fully saturated rings. The Kier molecular flexibility index (Phi) is 6.17. The van der Waals surface area contributed by atoms with E-state index in [9.17, 15) is 9.90 Å². The van der Waals surface area contributed by atoms with E-state index in [2.05, 4.69) is 27.7 Å². The molecule has 0 aromatic rings. The minimum Gasteiger partial charge on any atom is -0.392 e. The minimum atomic E-state index is -0.464. The van der Waals surface area contributed by atoms with Gasteiger partial charge in [-0.2, -0.15) is 0 Å². The molecule has 1 amide bonds. The van der Waals surface area contributed by atoms with Crippen molar-refractivity contribution >= 4 is 5.91 Å². The number of hydrogen-bond acceptors (Lipinski definition) is 2. The molecule has 3 heteroatoms. The van der Waals surface area contributed by atoms with Crippen molar-refractivity contribution in [1.29, 1.82) is 0 Å². The Morgan fingerprint density at radius 3 is 2.06 bits per heavy atom. The zero-order valence-corrected chi connectivity index (χ0v) is 12.4. The van der Waals surface area contributed by atoms with Crippen molar-refractivity contribution in [2.75, 3.05) is 13.6 Å². The second-order valence-corrected chi connectivity index (χ2v) is 6.32. The van der Waals surface area contributed by atoms with Gasteiger partial charge in [0.25, 0.3) is 0 Å². The topological polar surface area (TPSA) is 40.5 Å². The Hall–Kier alpha value is -0.570. The second-order valence-electron chi connectivity index (χ2n) is 6.32. The monoisotopic (exact) mass is 243 g/mol. The quantitative estimate of drug-likeness (QED) is 0.779. The van der Waals surface area contributed by atoms with Gasteiger partial charge >= 0.3 is 0 Å². The van der Waals surface area contributed by atoms with Crippen LogP contribution in [-0.4, -0.2) is 35.6 Å². The molecule has 2 atom stereocenters. The number of likely N-dealkylation sites (N-methyl/N-ethyl adjacent to an activating group) is 1. The third-order valence-electron chi connectivity index (χ3n) is 3.73. The first kappa shape index (κ1) is 16.4. The Labute approximate surface area is 106 Å². The first-order chi connectivity index (χ1) is 7.58. The molecule has 0 rings (SSSR count). The fourth-order valence-electron chi connectivity index (χ4n) is 1.97. The van der Waals surface area contributed by atoms with Crippen molar-refractivity contribution in [3.8, 4) is 0 Å². The Balaban J connectivity index is 4.41. The first-order valence-electron chi connectivity index (χ1n) is 6.51. The summed E-state index contributed by atoms with van der Waals surface area (Å²) in [6.45, 7) is 12.9. The van der Waals surface area contributed by atoms with E-state index < -0.39 is 6.10 Å². The maximum atomic E-state index is 12.1. The summed E-state index contributed by atoms with van der Waals surface area (Å²) in [5.74, 6) is 0.690. The lowest BCUT2D eigenvalue weighted by Gasteiger charge is -2.33. The molecule has 17 heavy (non-hydrogen) atoms. The molecule has 0 saturated carbocycles. The van der Waals surface area contributed by atoms with Crippen LogP contribution in [0.15, 0.2) is 0 Å². The van der Waals surface area contributed by atoms with Gasteiger partial charge in [-0.1, -0.05) is 34.6 Å². The van der Waals surface area contributed by atoms with Crippen LogP contribution in [0.4, 0.5) is 0 Å². The number of nitrogens with zero attached hydrogens (tertiary/aromatic N) is 1. The lowest BCUT2D eigenvalue weighted by atomic mass is 9.74. The van der Waals surface area contributed by atoms with Crippen LogP contribution >= 0.6 is 0 Å². The van der Waals surface area contributed by atoms with Crippen molar-refractivity contribution in [2.45, 2.75) is 54.1 Å². The molecule has 0 saturated heterocycles. The number of aliphatic hydroxyl groups is 1. The van der Waals surface area contributed by atoms with E-state index in [4.69, 9.17) is 0 Å². The number of carbonyl (C=O) groups is 1. The number of rotatable bonds is 6. The molecule has 0 radical (unpaired) electrons. The number of aliphatic hydroxyl groups excluding tert-OH is 1. The molecule has 0 heterocycles. The summed E-state index contributed by atoms with van der Waals surface area (Å²) < 4.78 is 0. The fraction of sp³-hybridized carbons (Fsp3) is 0.929. The lowest BCUT2D eigenvalue weighted by molar-refractivity contribution is -0.136. The summed E-state index contributed by atoms with van der Waals surface area (Å²) in [5, 5.41) is 9.28. The van der Waals surface area contributed by atoms with Gasteiger partial charge in [0, 0.05) is 19.5 Å². The van der Waals surface area contributed by atoms with Gasteiger partial charge in [-0.15, -0.1) is 0 Å². The van der Waals surface area contributed by atoms with Gasteiger partial charge in [-0.05, 0) is 24.7 Å². The van der Waals surface area contributed by atoms with E-state index >= 15 is 0 Å². The van der Waals surface area contributed by atoms with Gasteiger partial charge in [0.05, 0.1) is 6.10 Å². The normalized spacial score (nSPS) is 15.8. The molecule has 0 aliphatic heterocycles. The molecular formula is C14H29NO2. The Morgan fingerprint density at radius 1 is 1.24 bits per heavy atom. The first-order valence-corrected chi connectivity index (χ1v) is 6.51. The summed E-state index contributed by atoms with van der Waals surface area (Å²) in [4.78, 5) is 13.7. The van der Waals surface area contributed by atoms with Crippen molar-refractivity contribution in [2.24, 2.45) is 17.3 Å². The molecule has 0 aliphatic rings. The maximum Gasteiger partial charge on any atom is 0.225 e.